The van der Waals surface area contributed by atoms with E-state index in [0.717, 1.165) is 38.0 Å². The van der Waals surface area contributed by atoms with Crippen LogP contribution in [0.5, 0.6) is 0 Å². The topological polar surface area (TPSA) is 70.7 Å². The van der Waals surface area contributed by atoms with Crippen LogP contribution < -0.4 is 15.5 Å². The lowest BCUT2D eigenvalue weighted by atomic mass is 9.89. The van der Waals surface area contributed by atoms with Crippen LogP contribution in [0.25, 0.3) is 0 Å². The second kappa shape index (κ2) is 12.1. The second-order valence-electron chi connectivity index (χ2n) is 7.89. The number of carbonyl (C=O) groups excluding carboxylic acids is 2. The van der Waals surface area contributed by atoms with E-state index in [4.69, 9.17) is 27.9 Å². The van der Waals surface area contributed by atoms with Crippen molar-refractivity contribution in [1.82, 2.24) is 5.32 Å². The number of alkyl halides is 2. The fourth-order valence-corrected chi connectivity index (χ4v) is 4.06. The molecule has 0 unspecified atom stereocenters. The van der Waals surface area contributed by atoms with Gasteiger partial charge < -0.3 is 20.3 Å². The van der Waals surface area contributed by atoms with E-state index in [9.17, 15) is 9.59 Å². The molecular weight excluding hydrogens is 449 g/mol. The largest absolute Gasteiger partial charge is 0.383 e. The van der Waals surface area contributed by atoms with Crippen molar-refractivity contribution in [3.8, 4) is 0 Å². The summed E-state index contributed by atoms with van der Waals surface area (Å²) >= 11 is 11.3. The molecule has 2 N–H and O–H groups in total. The van der Waals surface area contributed by atoms with E-state index in [2.05, 4.69) is 39.8 Å². The van der Waals surface area contributed by atoms with Crippen LogP contribution in [0.15, 0.2) is 48.5 Å². The summed E-state index contributed by atoms with van der Waals surface area (Å²) in [5.74, 6) is -0.128. The van der Waals surface area contributed by atoms with Gasteiger partial charge in [0.2, 0.25) is 0 Å². The van der Waals surface area contributed by atoms with Crippen LogP contribution in [0, 0.1) is 5.92 Å². The van der Waals surface area contributed by atoms with Gasteiger partial charge in [-0.3, -0.25) is 9.59 Å². The molecule has 8 heteroatoms. The van der Waals surface area contributed by atoms with Crippen molar-refractivity contribution in [3.63, 3.8) is 0 Å². The fourth-order valence-electron chi connectivity index (χ4n) is 3.96. The molecule has 6 nitrogen and oxygen atoms in total. The molecule has 0 saturated carbocycles. The molecule has 2 amide bonds. The van der Waals surface area contributed by atoms with Gasteiger partial charge in [0.05, 0.1) is 12.2 Å². The number of benzene rings is 2. The number of halogens is 2. The lowest BCUT2D eigenvalue weighted by Gasteiger charge is -2.35. The highest BCUT2D eigenvalue weighted by atomic mass is 35.5. The number of hydrogen-bond acceptors (Lipinski definition) is 4. The van der Waals surface area contributed by atoms with Crippen molar-refractivity contribution < 1.29 is 14.3 Å². The first-order valence-corrected chi connectivity index (χ1v) is 11.6. The zero-order valence-corrected chi connectivity index (χ0v) is 19.7. The SMILES string of the molecule is COCCNC(=O)c1cc(NC(=O)C(Cl)Cl)ccc1N1CCC(Cc2ccccc2)CC1. The van der Waals surface area contributed by atoms with Crippen molar-refractivity contribution in [1.29, 1.82) is 0 Å². The van der Waals surface area contributed by atoms with E-state index >= 15 is 0 Å². The predicted molar refractivity (Wildman–Crippen MR) is 130 cm³/mol. The molecule has 1 saturated heterocycles. The average molecular weight is 478 g/mol. The first kappa shape index (κ1) is 24.4. The molecule has 1 aliphatic rings. The van der Waals surface area contributed by atoms with Gasteiger partial charge in [-0.25, -0.2) is 0 Å². The Labute approximate surface area is 199 Å². The summed E-state index contributed by atoms with van der Waals surface area (Å²) in [7, 11) is 1.59. The van der Waals surface area contributed by atoms with E-state index in [1.54, 1.807) is 19.2 Å². The van der Waals surface area contributed by atoms with Crippen LogP contribution in [0.3, 0.4) is 0 Å². The molecular formula is C24H29Cl2N3O3. The first-order chi connectivity index (χ1) is 15.5. The zero-order valence-electron chi connectivity index (χ0n) is 18.2. The first-order valence-electron chi connectivity index (χ1n) is 10.8. The summed E-state index contributed by atoms with van der Waals surface area (Å²) in [4.78, 5) is 25.8. The monoisotopic (exact) mass is 477 g/mol. The minimum Gasteiger partial charge on any atom is -0.383 e. The molecule has 1 heterocycles. The van der Waals surface area contributed by atoms with Gasteiger partial charge in [-0.05, 0) is 48.9 Å². The number of hydrogen-bond donors (Lipinski definition) is 2. The Morgan fingerprint density at radius 1 is 1.12 bits per heavy atom. The van der Waals surface area contributed by atoms with Crippen molar-refractivity contribution in [2.45, 2.75) is 24.1 Å². The van der Waals surface area contributed by atoms with E-state index in [0.29, 0.717) is 30.3 Å². The highest BCUT2D eigenvalue weighted by Crippen LogP contribution is 2.30. The van der Waals surface area contributed by atoms with Crippen molar-refractivity contribution in [2.24, 2.45) is 5.92 Å². The Hall–Kier alpha value is -2.28. The smallest absolute Gasteiger partial charge is 0.257 e. The molecule has 2 aromatic rings. The molecule has 0 spiro atoms. The Morgan fingerprint density at radius 3 is 2.50 bits per heavy atom. The van der Waals surface area contributed by atoms with Gasteiger partial charge in [0.25, 0.3) is 11.8 Å². The van der Waals surface area contributed by atoms with Crippen LogP contribution in [-0.2, 0) is 16.0 Å². The maximum Gasteiger partial charge on any atom is 0.257 e. The fraction of sp³-hybridized carbons (Fsp3) is 0.417. The summed E-state index contributed by atoms with van der Waals surface area (Å²) in [5.41, 5.74) is 3.19. The summed E-state index contributed by atoms with van der Waals surface area (Å²) in [6.45, 7) is 2.55. The molecule has 0 aliphatic carbocycles. The van der Waals surface area contributed by atoms with Gasteiger partial charge in [-0.1, -0.05) is 53.5 Å². The Balaban J connectivity index is 1.72. The van der Waals surface area contributed by atoms with Gasteiger partial charge in [0, 0.05) is 38.1 Å². The molecule has 0 aromatic heterocycles. The number of rotatable bonds is 9. The summed E-state index contributed by atoms with van der Waals surface area (Å²) in [6.07, 6.45) is 3.18. The summed E-state index contributed by atoms with van der Waals surface area (Å²) < 4.78 is 5.03. The van der Waals surface area contributed by atoms with E-state index in [1.807, 2.05) is 12.1 Å². The van der Waals surface area contributed by atoms with E-state index in [-0.39, 0.29) is 5.91 Å². The van der Waals surface area contributed by atoms with Gasteiger partial charge in [-0.15, -0.1) is 0 Å². The van der Waals surface area contributed by atoms with Crippen LogP contribution in [0.4, 0.5) is 11.4 Å². The summed E-state index contributed by atoms with van der Waals surface area (Å²) in [5, 5.41) is 5.51. The quantitative estimate of drug-likeness (QED) is 0.417. The highest BCUT2D eigenvalue weighted by Gasteiger charge is 2.24. The summed E-state index contributed by atoms with van der Waals surface area (Å²) in [6, 6.07) is 15.9. The minimum atomic E-state index is -1.18. The van der Waals surface area contributed by atoms with Crippen molar-refractivity contribution >= 4 is 46.4 Å². The number of methoxy groups -OCH3 is 1. The number of nitrogens with zero attached hydrogens (tertiary/aromatic N) is 1. The molecule has 3 rings (SSSR count). The average Bonchev–Trinajstić information content (AvgIpc) is 2.80. The molecule has 0 atom stereocenters. The molecule has 32 heavy (non-hydrogen) atoms. The van der Waals surface area contributed by atoms with Gasteiger partial charge in [0.1, 0.15) is 0 Å². The van der Waals surface area contributed by atoms with E-state index in [1.165, 1.54) is 5.56 Å². The van der Waals surface area contributed by atoms with Crippen LogP contribution in [0.2, 0.25) is 0 Å². The third kappa shape index (κ3) is 6.86. The third-order valence-electron chi connectivity index (χ3n) is 5.62. The Bertz CT molecular complexity index is 901. The number of nitrogens with one attached hydrogen (secondary N) is 2. The molecule has 1 fully saturated rings. The second-order valence-corrected chi connectivity index (χ2v) is 8.99. The van der Waals surface area contributed by atoms with Gasteiger partial charge >= 0.3 is 0 Å². The predicted octanol–water partition coefficient (Wildman–Crippen LogP) is 4.26. The minimum absolute atomic E-state index is 0.215. The number of carbonyl (C=O) groups is 2. The number of amides is 2. The van der Waals surface area contributed by atoms with Crippen molar-refractivity contribution in [3.05, 3.63) is 59.7 Å². The standard InChI is InChI=1S/C24H29Cl2N3O3/c1-32-14-11-27-23(30)20-16-19(28-24(31)22(25)26)7-8-21(20)29-12-9-18(10-13-29)15-17-5-3-2-4-6-17/h2-8,16,18,22H,9-15H2,1H3,(H,27,30)(H,28,31). The normalized spacial score (nSPS) is 14.4. The van der Waals surface area contributed by atoms with Crippen molar-refractivity contribution in [2.75, 3.05) is 43.6 Å². The van der Waals surface area contributed by atoms with E-state index < -0.39 is 10.7 Å². The molecule has 0 bridgehead atoms. The van der Waals surface area contributed by atoms with Gasteiger partial charge in [-0.2, -0.15) is 0 Å². The number of anilines is 2. The van der Waals surface area contributed by atoms with Gasteiger partial charge in [0.15, 0.2) is 4.84 Å². The molecule has 1 aliphatic heterocycles. The Kier molecular flexibility index (Phi) is 9.21. The number of piperidine rings is 1. The lowest BCUT2D eigenvalue weighted by Crippen LogP contribution is -2.36. The van der Waals surface area contributed by atoms with Crippen LogP contribution >= 0.6 is 23.2 Å². The lowest BCUT2D eigenvalue weighted by molar-refractivity contribution is -0.114. The maximum absolute atomic E-state index is 12.9. The highest BCUT2D eigenvalue weighted by molar-refractivity contribution is 6.54. The third-order valence-corrected chi connectivity index (χ3v) is 6.02. The molecule has 172 valence electrons. The zero-order chi connectivity index (χ0) is 22.9. The number of ether oxygens (including phenoxy) is 1. The molecule has 2 aromatic carbocycles. The maximum atomic E-state index is 12.9. The molecule has 0 radical (unpaired) electrons. The van der Waals surface area contributed by atoms with Crippen LogP contribution in [0.1, 0.15) is 28.8 Å². The van der Waals surface area contributed by atoms with Crippen LogP contribution in [-0.4, -0.2) is 50.0 Å². The Morgan fingerprint density at radius 2 is 1.84 bits per heavy atom.